The number of aliphatic hydroxyl groups is 1. The highest BCUT2D eigenvalue weighted by Gasteiger charge is 2.43. The van der Waals surface area contributed by atoms with E-state index >= 15 is 0 Å². The third kappa shape index (κ3) is 3.45. The highest BCUT2D eigenvalue weighted by molar-refractivity contribution is 5.96. The molecule has 3 aromatic rings. The number of fused-ring (bicyclic) bond motifs is 3. The predicted molar refractivity (Wildman–Crippen MR) is 123 cm³/mol. The average Bonchev–Trinajstić information content (AvgIpc) is 3.04. The fraction of sp³-hybridized carbons (Fsp3) is 0.538. The van der Waals surface area contributed by atoms with Gasteiger partial charge in [-0.25, -0.2) is 4.79 Å². The molecule has 3 heterocycles. The number of amides is 1. The summed E-state index contributed by atoms with van der Waals surface area (Å²) >= 11 is 0. The molecule has 2 fully saturated rings. The summed E-state index contributed by atoms with van der Waals surface area (Å²) in [6, 6.07) is 3.81. The number of benzene rings is 1. The third-order valence-electron chi connectivity index (χ3n) is 7.95. The Kier molecular flexibility index (Phi) is 5.16. The highest BCUT2D eigenvalue weighted by Crippen LogP contribution is 2.40. The number of piperidine rings is 1. The second-order valence-electron chi connectivity index (χ2n) is 9.76. The maximum atomic E-state index is 13.0. The molecule has 170 valence electrons. The Balaban J connectivity index is 1.37. The van der Waals surface area contributed by atoms with E-state index < -0.39 is 5.60 Å². The zero-order chi connectivity index (χ0) is 22.6. The van der Waals surface area contributed by atoms with E-state index in [1.165, 1.54) is 0 Å². The molecule has 1 aliphatic heterocycles. The van der Waals surface area contributed by atoms with Crippen molar-refractivity contribution in [2.24, 2.45) is 5.92 Å². The van der Waals surface area contributed by atoms with Crippen LogP contribution >= 0.6 is 0 Å². The summed E-state index contributed by atoms with van der Waals surface area (Å²) < 4.78 is 11.4. The molecule has 32 heavy (non-hydrogen) atoms. The molecule has 5 rings (SSSR count). The Morgan fingerprint density at radius 3 is 2.66 bits per heavy atom. The summed E-state index contributed by atoms with van der Waals surface area (Å²) in [4.78, 5) is 27.6. The number of nitrogens with zero attached hydrogens (tertiary/aromatic N) is 1. The van der Waals surface area contributed by atoms with Crippen LogP contribution in [-0.2, 0) is 11.2 Å². The van der Waals surface area contributed by atoms with Crippen molar-refractivity contribution in [3.05, 3.63) is 45.0 Å². The molecule has 6 nitrogen and oxygen atoms in total. The first-order valence-corrected chi connectivity index (χ1v) is 11.7. The first-order valence-electron chi connectivity index (χ1n) is 11.7. The summed E-state index contributed by atoms with van der Waals surface area (Å²) in [6.07, 6.45) is 5.30. The maximum Gasteiger partial charge on any atom is 0.339 e. The molecule has 1 amide bonds. The minimum absolute atomic E-state index is 0.0493. The van der Waals surface area contributed by atoms with Crippen LogP contribution in [0.5, 0.6) is 0 Å². The lowest BCUT2D eigenvalue weighted by Gasteiger charge is -2.47. The monoisotopic (exact) mass is 437 g/mol. The van der Waals surface area contributed by atoms with E-state index in [4.69, 9.17) is 8.83 Å². The minimum Gasteiger partial charge on any atom is -0.461 e. The molecule has 0 radical (unpaired) electrons. The molecular weight excluding hydrogens is 406 g/mol. The fourth-order valence-corrected chi connectivity index (χ4v) is 5.70. The normalized spacial score (nSPS) is 23.6. The van der Waals surface area contributed by atoms with E-state index in [1.807, 2.05) is 31.7 Å². The lowest BCUT2D eigenvalue weighted by Crippen LogP contribution is -2.54. The molecule has 6 heteroatoms. The standard InChI is InChI=1S/C26H31NO5/c1-15-17(3)31-22-13-23-21(12-20(15)22)16(2)19(25(29)32-23)7-8-24(28)27-11-10-26(30)9-5-4-6-18(26)14-27/h12-13,18,30H,4-11,14H2,1-3H3/t18-,26-/m1/s1. The topological polar surface area (TPSA) is 83.9 Å². The lowest BCUT2D eigenvalue weighted by atomic mass is 9.71. The number of hydrogen-bond donors (Lipinski definition) is 1. The molecule has 1 aliphatic carbocycles. The van der Waals surface area contributed by atoms with Crippen LogP contribution in [0.3, 0.4) is 0 Å². The van der Waals surface area contributed by atoms with Gasteiger partial charge in [-0.1, -0.05) is 12.8 Å². The van der Waals surface area contributed by atoms with Gasteiger partial charge in [0.1, 0.15) is 16.9 Å². The van der Waals surface area contributed by atoms with Crippen molar-refractivity contribution in [1.29, 1.82) is 0 Å². The van der Waals surface area contributed by atoms with Crippen LogP contribution in [0.4, 0.5) is 0 Å². The van der Waals surface area contributed by atoms with Gasteiger partial charge in [-0.2, -0.15) is 0 Å². The average molecular weight is 438 g/mol. The zero-order valence-electron chi connectivity index (χ0n) is 19.1. The molecule has 2 aromatic heterocycles. The van der Waals surface area contributed by atoms with Crippen molar-refractivity contribution in [2.45, 2.75) is 71.3 Å². The van der Waals surface area contributed by atoms with Gasteiger partial charge < -0.3 is 18.8 Å². The Morgan fingerprint density at radius 1 is 1.09 bits per heavy atom. The Morgan fingerprint density at radius 2 is 1.84 bits per heavy atom. The zero-order valence-corrected chi connectivity index (χ0v) is 19.1. The molecule has 2 aliphatic rings. The summed E-state index contributed by atoms with van der Waals surface area (Å²) in [5, 5.41) is 12.8. The van der Waals surface area contributed by atoms with Gasteiger partial charge in [0, 0.05) is 47.8 Å². The van der Waals surface area contributed by atoms with Crippen LogP contribution in [0.2, 0.25) is 0 Å². The number of aryl methyl sites for hydroxylation is 3. The van der Waals surface area contributed by atoms with Crippen LogP contribution in [0, 0.1) is 26.7 Å². The Labute approximate surface area is 187 Å². The number of hydrogen-bond acceptors (Lipinski definition) is 5. The Bertz CT molecular complexity index is 1270. The van der Waals surface area contributed by atoms with Crippen molar-refractivity contribution in [1.82, 2.24) is 4.90 Å². The van der Waals surface area contributed by atoms with Crippen LogP contribution in [0.1, 0.15) is 61.0 Å². The van der Waals surface area contributed by atoms with Gasteiger partial charge in [-0.3, -0.25) is 4.79 Å². The largest absolute Gasteiger partial charge is 0.461 e. The van der Waals surface area contributed by atoms with Gasteiger partial charge in [-0.15, -0.1) is 0 Å². The Hall–Kier alpha value is -2.60. The number of carbonyl (C=O) groups is 1. The van der Waals surface area contributed by atoms with Crippen LogP contribution < -0.4 is 5.63 Å². The number of rotatable bonds is 3. The number of likely N-dealkylation sites (tertiary alicyclic amines) is 1. The van der Waals surface area contributed by atoms with E-state index in [0.29, 0.717) is 42.7 Å². The maximum absolute atomic E-state index is 13.0. The first-order chi connectivity index (χ1) is 15.3. The van der Waals surface area contributed by atoms with Gasteiger partial charge in [0.2, 0.25) is 5.91 Å². The van der Waals surface area contributed by atoms with Crippen molar-refractivity contribution in [3.63, 3.8) is 0 Å². The van der Waals surface area contributed by atoms with Gasteiger partial charge in [0.05, 0.1) is 5.60 Å². The minimum atomic E-state index is -0.597. The predicted octanol–water partition coefficient (Wildman–Crippen LogP) is 4.55. The van der Waals surface area contributed by atoms with E-state index in [9.17, 15) is 14.7 Å². The molecule has 1 N–H and O–H groups in total. The molecular formula is C26H31NO5. The van der Waals surface area contributed by atoms with Crippen molar-refractivity contribution >= 4 is 27.8 Å². The number of carbonyl (C=O) groups excluding carboxylic acids is 1. The van der Waals surface area contributed by atoms with Crippen molar-refractivity contribution in [2.75, 3.05) is 13.1 Å². The molecule has 1 aromatic carbocycles. The van der Waals surface area contributed by atoms with Crippen LogP contribution in [-0.4, -0.2) is 34.6 Å². The molecule has 0 unspecified atom stereocenters. The van der Waals surface area contributed by atoms with Gasteiger partial charge in [-0.05, 0) is 63.6 Å². The third-order valence-corrected chi connectivity index (χ3v) is 7.95. The summed E-state index contributed by atoms with van der Waals surface area (Å²) in [5.41, 5.74) is 2.75. The van der Waals surface area contributed by atoms with E-state index in [0.717, 1.165) is 53.3 Å². The van der Waals surface area contributed by atoms with Crippen LogP contribution in [0.25, 0.3) is 21.9 Å². The summed E-state index contributed by atoms with van der Waals surface area (Å²) in [5.74, 6) is 1.08. The molecule has 0 spiro atoms. The fourth-order valence-electron chi connectivity index (χ4n) is 5.70. The second kappa shape index (κ2) is 7.77. The van der Waals surface area contributed by atoms with Crippen molar-refractivity contribution < 1.29 is 18.7 Å². The lowest BCUT2D eigenvalue weighted by molar-refractivity contribution is -0.143. The highest BCUT2D eigenvalue weighted by atomic mass is 16.4. The van der Waals surface area contributed by atoms with Gasteiger partial charge >= 0.3 is 5.63 Å². The van der Waals surface area contributed by atoms with E-state index in [1.54, 1.807) is 6.07 Å². The molecule has 2 atom stereocenters. The molecule has 0 bridgehead atoms. The van der Waals surface area contributed by atoms with Gasteiger partial charge in [0.25, 0.3) is 0 Å². The van der Waals surface area contributed by atoms with Gasteiger partial charge in [0.15, 0.2) is 0 Å². The van der Waals surface area contributed by atoms with Crippen molar-refractivity contribution in [3.8, 4) is 0 Å². The SMILES string of the molecule is Cc1oc2cc3oc(=O)c(CCC(=O)N4CC[C@]5(O)CCCC[C@@H]5C4)c(C)c3cc2c1C. The summed E-state index contributed by atoms with van der Waals surface area (Å²) in [6.45, 7) is 7.09. The van der Waals surface area contributed by atoms with Crippen LogP contribution in [0.15, 0.2) is 25.8 Å². The second-order valence-corrected chi connectivity index (χ2v) is 9.76. The quantitative estimate of drug-likeness (QED) is 0.608. The first kappa shape index (κ1) is 21.3. The summed E-state index contributed by atoms with van der Waals surface area (Å²) in [7, 11) is 0. The van der Waals surface area contributed by atoms with E-state index in [2.05, 4.69) is 0 Å². The molecule has 1 saturated carbocycles. The smallest absolute Gasteiger partial charge is 0.339 e. The number of furan rings is 1. The molecule has 1 saturated heterocycles. The van der Waals surface area contributed by atoms with E-state index in [-0.39, 0.29) is 23.9 Å².